The molecule has 0 spiro atoms. The van der Waals surface area contributed by atoms with Crippen molar-refractivity contribution in [2.24, 2.45) is 0 Å². The summed E-state index contributed by atoms with van der Waals surface area (Å²) in [6.45, 7) is 5.26. The van der Waals surface area contributed by atoms with Gasteiger partial charge < -0.3 is 25.0 Å². The van der Waals surface area contributed by atoms with Crippen molar-refractivity contribution in [1.82, 2.24) is 10.2 Å². The molecule has 1 amide bonds. The number of anilines is 1. The van der Waals surface area contributed by atoms with Crippen molar-refractivity contribution in [3.05, 3.63) is 23.8 Å². The zero-order valence-corrected chi connectivity index (χ0v) is 16.0. The van der Waals surface area contributed by atoms with Gasteiger partial charge in [-0.3, -0.25) is 4.79 Å². The largest absolute Gasteiger partial charge is 0.490 e. The lowest BCUT2D eigenvalue weighted by atomic mass is 10.2. The van der Waals surface area contributed by atoms with E-state index in [9.17, 15) is 4.79 Å². The number of carbonyl (C=O) groups excluding carboxylic acids is 1. The van der Waals surface area contributed by atoms with Crippen molar-refractivity contribution in [3.63, 3.8) is 0 Å². The molecular formula is C16H27Cl2N3O3. The second kappa shape index (κ2) is 11.5. The highest BCUT2D eigenvalue weighted by Gasteiger charge is 2.22. The molecule has 1 aromatic rings. The monoisotopic (exact) mass is 379 g/mol. The molecular weight excluding hydrogens is 353 g/mol. The first-order chi connectivity index (χ1) is 10.6. The molecule has 1 aliphatic heterocycles. The molecule has 1 aromatic carbocycles. The van der Waals surface area contributed by atoms with Crippen LogP contribution in [0.1, 0.15) is 5.56 Å². The summed E-state index contributed by atoms with van der Waals surface area (Å²) < 4.78 is 11.3. The van der Waals surface area contributed by atoms with E-state index in [0.29, 0.717) is 31.2 Å². The number of hydrogen-bond acceptors (Lipinski definition) is 5. The number of morpholine rings is 1. The number of nitrogens with one attached hydrogen (secondary N) is 2. The molecule has 0 bridgehead atoms. The van der Waals surface area contributed by atoms with E-state index in [4.69, 9.17) is 9.47 Å². The molecule has 0 saturated carbocycles. The Morgan fingerprint density at radius 2 is 2.17 bits per heavy atom. The number of benzene rings is 1. The summed E-state index contributed by atoms with van der Waals surface area (Å²) in [5, 5.41) is 6.05. The van der Waals surface area contributed by atoms with Crippen molar-refractivity contribution in [1.29, 1.82) is 0 Å². The van der Waals surface area contributed by atoms with Crippen LogP contribution in [-0.2, 0) is 9.53 Å². The Hall–Kier alpha value is -1.05. The van der Waals surface area contributed by atoms with E-state index in [-0.39, 0.29) is 30.7 Å². The first-order valence-corrected chi connectivity index (χ1v) is 7.57. The summed E-state index contributed by atoms with van der Waals surface area (Å²) in [7, 11) is 3.99. The van der Waals surface area contributed by atoms with E-state index in [2.05, 4.69) is 15.5 Å². The third-order valence-corrected chi connectivity index (χ3v) is 3.41. The molecule has 1 unspecified atom stereocenters. The minimum Gasteiger partial charge on any atom is -0.490 e. The van der Waals surface area contributed by atoms with Gasteiger partial charge in [0.05, 0.1) is 12.3 Å². The van der Waals surface area contributed by atoms with Gasteiger partial charge in [-0.05, 0) is 38.7 Å². The maximum Gasteiger partial charge on any atom is 0.254 e. The van der Waals surface area contributed by atoms with Gasteiger partial charge in [-0.25, -0.2) is 0 Å². The second-order valence-electron chi connectivity index (χ2n) is 5.70. The maximum absolute atomic E-state index is 12.2. The van der Waals surface area contributed by atoms with E-state index in [1.165, 1.54) is 0 Å². The van der Waals surface area contributed by atoms with Crippen molar-refractivity contribution in [2.75, 3.05) is 52.3 Å². The molecule has 0 radical (unpaired) electrons. The average Bonchev–Trinajstić information content (AvgIpc) is 2.50. The molecule has 1 saturated heterocycles. The molecule has 1 heterocycles. The first-order valence-electron chi connectivity index (χ1n) is 7.57. The van der Waals surface area contributed by atoms with Crippen molar-refractivity contribution in [3.8, 4) is 5.75 Å². The third kappa shape index (κ3) is 7.23. The topological polar surface area (TPSA) is 62.8 Å². The predicted octanol–water partition coefficient (Wildman–Crippen LogP) is 1.71. The fourth-order valence-electron chi connectivity index (χ4n) is 2.14. The molecule has 1 atom stereocenters. The molecule has 0 aliphatic carbocycles. The Balaban J connectivity index is 0.00000264. The third-order valence-electron chi connectivity index (χ3n) is 3.41. The van der Waals surface area contributed by atoms with E-state index in [1.807, 2.05) is 39.2 Å². The van der Waals surface area contributed by atoms with Gasteiger partial charge in [0.2, 0.25) is 0 Å². The fourth-order valence-corrected chi connectivity index (χ4v) is 2.14. The van der Waals surface area contributed by atoms with Gasteiger partial charge in [-0.2, -0.15) is 0 Å². The lowest BCUT2D eigenvalue weighted by molar-refractivity contribution is -0.128. The van der Waals surface area contributed by atoms with E-state index >= 15 is 0 Å². The van der Waals surface area contributed by atoms with Crippen LogP contribution in [0.25, 0.3) is 0 Å². The van der Waals surface area contributed by atoms with Gasteiger partial charge in [0.25, 0.3) is 5.91 Å². The Bertz CT molecular complexity index is 509. The number of likely N-dealkylation sites (N-methyl/N-ethyl adjacent to an activating group) is 1. The van der Waals surface area contributed by atoms with Crippen LogP contribution in [0.2, 0.25) is 0 Å². The average molecular weight is 380 g/mol. The van der Waals surface area contributed by atoms with Crippen LogP contribution in [0.4, 0.5) is 5.69 Å². The fraction of sp³-hybridized carbons (Fsp3) is 0.562. The normalized spacial score (nSPS) is 16.8. The summed E-state index contributed by atoms with van der Waals surface area (Å²) in [6.07, 6.45) is -0.454. The number of aryl methyl sites for hydroxylation is 1. The minimum atomic E-state index is -0.454. The number of rotatable bonds is 6. The Labute approximate surface area is 156 Å². The molecule has 8 heteroatoms. The lowest BCUT2D eigenvalue weighted by Crippen LogP contribution is -2.45. The highest BCUT2D eigenvalue weighted by molar-refractivity contribution is 5.95. The smallest absolute Gasteiger partial charge is 0.254 e. The van der Waals surface area contributed by atoms with Gasteiger partial charge in [0.15, 0.2) is 0 Å². The second-order valence-corrected chi connectivity index (χ2v) is 5.70. The molecule has 2 N–H and O–H groups in total. The summed E-state index contributed by atoms with van der Waals surface area (Å²) in [5.74, 6) is 0.549. The van der Waals surface area contributed by atoms with Gasteiger partial charge in [0.1, 0.15) is 18.5 Å². The number of amides is 1. The molecule has 24 heavy (non-hydrogen) atoms. The van der Waals surface area contributed by atoms with E-state index in [1.54, 1.807) is 0 Å². The number of ether oxygens (including phenoxy) is 2. The highest BCUT2D eigenvalue weighted by atomic mass is 35.5. The minimum absolute atomic E-state index is 0. The predicted molar refractivity (Wildman–Crippen MR) is 101 cm³/mol. The van der Waals surface area contributed by atoms with Gasteiger partial charge in [-0.1, -0.05) is 6.07 Å². The van der Waals surface area contributed by atoms with Crippen LogP contribution in [0.3, 0.4) is 0 Å². The zero-order valence-electron chi connectivity index (χ0n) is 14.3. The molecule has 2 rings (SSSR count). The van der Waals surface area contributed by atoms with Crippen molar-refractivity contribution >= 4 is 36.4 Å². The highest BCUT2D eigenvalue weighted by Crippen LogP contribution is 2.26. The van der Waals surface area contributed by atoms with Gasteiger partial charge in [-0.15, -0.1) is 24.8 Å². The number of hydrogen-bond donors (Lipinski definition) is 2. The number of carbonyl (C=O) groups is 1. The Morgan fingerprint density at radius 3 is 2.79 bits per heavy atom. The van der Waals surface area contributed by atoms with Crippen LogP contribution >= 0.6 is 24.8 Å². The molecule has 138 valence electrons. The van der Waals surface area contributed by atoms with Crippen molar-refractivity contribution in [2.45, 2.75) is 13.0 Å². The zero-order chi connectivity index (χ0) is 15.9. The summed E-state index contributed by atoms with van der Waals surface area (Å²) in [5.41, 5.74) is 1.77. The van der Waals surface area contributed by atoms with Gasteiger partial charge in [0, 0.05) is 19.6 Å². The first kappa shape index (κ1) is 22.9. The van der Waals surface area contributed by atoms with E-state index < -0.39 is 6.10 Å². The van der Waals surface area contributed by atoms with Crippen LogP contribution in [0.15, 0.2) is 18.2 Å². The lowest BCUT2D eigenvalue weighted by Gasteiger charge is -2.23. The molecule has 1 aliphatic rings. The number of nitrogens with zero attached hydrogens (tertiary/aromatic N) is 1. The van der Waals surface area contributed by atoms with Crippen LogP contribution < -0.4 is 15.4 Å². The quantitative estimate of drug-likeness (QED) is 0.787. The van der Waals surface area contributed by atoms with Crippen LogP contribution in [-0.4, -0.2) is 63.9 Å². The van der Waals surface area contributed by atoms with E-state index in [0.717, 1.165) is 18.7 Å². The summed E-state index contributed by atoms with van der Waals surface area (Å²) >= 11 is 0. The molecule has 6 nitrogen and oxygen atoms in total. The van der Waals surface area contributed by atoms with Crippen molar-refractivity contribution < 1.29 is 14.3 Å². The van der Waals surface area contributed by atoms with Crippen LogP contribution in [0.5, 0.6) is 5.75 Å². The maximum atomic E-state index is 12.2. The Morgan fingerprint density at radius 1 is 1.42 bits per heavy atom. The molecule has 1 fully saturated rings. The summed E-state index contributed by atoms with van der Waals surface area (Å²) in [4.78, 5) is 14.3. The van der Waals surface area contributed by atoms with Gasteiger partial charge >= 0.3 is 0 Å². The Kier molecular flexibility index (Phi) is 11.0. The standard InChI is InChI=1S/C16H25N3O3.2ClH/c1-12-4-5-13(14(10-12)22-9-7-19(2)3)18-16(20)15-11-17-6-8-21-15;;/h4-5,10,15,17H,6-9,11H2,1-3H3,(H,18,20);2*1H. The number of halogens is 2. The van der Waals surface area contributed by atoms with Crippen LogP contribution in [0, 0.1) is 6.92 Å². The molecule has 0 aromatic heterocycles. The summed E-state index contributed by atoms with van der Waals surface area (Å²) in [6, 6.07) is 5.76. The SMILES string of the molecule is Cc1ccc(NC(=O)C2CNCCO2)c(OCCN(C)C)c1.Cl.Cl.